The number of hydrogen-bond donors (Lipinski definition) is 2. The Morgan fingerprint density at radius 1 is 0.574 bits per heavy atom. The molecule has 0 aliphatic rings. The fourth-order valence-electron chi connectivity index (χ4n) is 6.82. The van der Waals surface area contributed by atoms with Crippen molar-refractivity contribution in [3.05, 3.63) is 193 Å². The summed E-state index contributed by atoms with van der Waals surface area (Å²) in [4.78, 5) is 4.83. The van der Waals surface area contributed by atoms with Gasteiger partial charge in [-0.2, -0.15) is 0 Å². The summed E-state index contributed by atoms with van der Waals surface area (Å²) in [6, 6.07) is 30.5. The van der Waals surface area contributed by atoms with Crippen molar-refractivity contribution in [3.8, 4) is 39.6 Å². The highest BCUT2D eigenvalue weighted by Crippen LogP contribution is 2.41. The fraction of sp³-hybridized carbons (Fsp3) is 0.0408. The van der Waals surface area contributed by atoms with E-state index in [2.05, 4.69) is 46.4 Å². The molecule has 0 radical (unpaired) electrons. The summed E-state index contributed by atoms with van der Waals surface area (Å²) in [7, 11) is 0. The van der Waals surface area contributed by atoms with E-state index in [9.17, 15) is 0 Å². The number of benzene rings is 7. The summed E-state index contributed by atoms with van der Waals surface area (Å²) in [5, 5.41) is 8.99. The first-order valence-electron chi connectivity index (χ1n) is 22.4. The molecular formula is C49H38N4O. The molecule has 0 aliphatic carbocycles. The van der Waals surface area contributed by atoms with Crippen LogP contribution in [0.15, 0.2) is 182 Å². The van der Waals surface area contributed by atoms with Crippen molar-refractivity contribution in [1.29, 1.82) is 0 Å². The molecular weight excluding hydrogens is 661 g/mol. The summed E-state index contributed by atoms with van der Waals surface area (Å²) in [6.07, 6.45) is 1.87. The van der Waals surface area contributed by atoms with Gasteiger partial charge in [0.1, 0.15) is 17.3 Å². The third-order valence-corrected chi connectivity index (χ3v) is 9.18. The largest absolute Gasteiger partial charge is 0.457 e. The Kier molecular flexibility index (Phi) is 6.14. The van der Waals surface area contributed by atoms with Gasteiger partial charge >= 0.3 is 0 Å². The fourth-order valence-corrected chi connectivity index (χ4v) is 6.82. The van der Waals surface area contributed by atoms with Crippen LogP contribution in [0, 0.1) is 13.8 Å². The second-order valence-corrected chi connectivity index (χ2v) is 12.8. The van der Waals surface area contributed by atoms with Gasteiger partial charge in [0, 0.05) is 45.9 Å². The van der Waals surface area contributed by atoms with Crippen LogP contribution in [0.5, 0.6) is 11.5 Å². The lowest BCUT2D eigenvalue weighted by Gasteiger charge is -2.20. The summed E-state index contributed by atoms with van der Waals surface area (Å²) >= 11 is 0. The number of nitrogens with one attached hydrogen (secondary N) is 2. The van der Waals surface area contributed by atoms with Crippen molar-refractivity contribution >= 4 is 44.6 Å². The number of fused-ring (bicyclic) bond motifs is 3. The van der Waals surface area contributed by atoms with Crippen LogP contribution in [0.1, 0.15) is 24.8 Å². The molecule has 0 aliphatic heterocycles. The third-order valence-electron chi connectivity index (χ3n) is 9.18. The highest BCUT2D eigenvalue weighted by molar-refractivity contribution is 6.09. The Morgan fingerprint density at radius 2 is 1.20 bits per heavy atom. The summed E-state index contributed by atoms with van der Waals surface area (Å²) in [5.74, 6) is 2.01. The van der Waals surface area contributed by atoms with E-state index in [1.807, 2.05) is 73.8 Å². The molecule has 0 fully saturated rings. The van der Waals surface area contributed by atoms with Crippen LogP contribution in [0.25, 0.3) is 49.9 Å². The molecule has 0 saturated carbocycles. The number of nitrogens with zero attached hydrogens (tertiary/aromatic N) is 2. The van der Waals surface area contributed by atoms with Gasteiger partial charge in [0.15, 0.2) is 0 Å². The molecule has 2 aromatic heterocycles. The highest BCUT2D eigenvalue weighted by Gasteiger charge is 2.17. The van der Waals surface area contributed by atoms with E-state index < -0.39 is 60.4 Å². The second kappa shape index (κ2) is 14.1. The van der Waals surface area contributed by atoms with Crippen LogP contribution in [0.4, 0.5) is 22.7 Å². The molecule has 2 heterocycles. The predicted octanol–water partition coefficient (Wildman–Crippen LogP) is 13.4. The van der Waals surface area contributed by atoms with E-state index in [-0.39, 0.29) is 27.9 Å². The van der Waals surface area contributed by atoms with Gasteiger partial charge in [-0.3, -0.25) is 4.57 Å². The third kappa shape index (κ3) is 6.33. The van der Waals surface area contributed by atoms with Gasteiger partial charge in [-0.25, -0.2) is 4.98 Å². The first-order valence-corrected chi connectivity index (χ1v) is 17.4. The van der Waals surface area contributed by atoms with E-state index in [1.54, 1.807) is 30.3 Å². The standard InChI is InChI=1S/C49H38N4O/c1-33-29-34(2)49(50-32-33)53-46-26-12-9-21-42(46)43-28-27-39(31-47(43)53)54-38-20-13-19-37(30-38)51-44-24-10-11-25-45(44)52-48-40(35-15-5-3-6-16-35)22-14-23-41(48)36-17-7-4-8-18-36/h3-32,51-52H,1-2H3/i3D,4D,5D,6D,7D,8D,15D,16D,17D,18D. The van der Waals surface area contributed by atoms with Gasteiger partial charge in [-0.05, 0) is 78.6 Å². The molecule has 5 heteroatoms. The van der Waals surface area contributed by atoms with E-state index in [4.69, 9.17) is 23.4 Å². The van der Waals surface area contributed by atoms with Crippen molar-refractivity contribution < 1.29 is 18.4 Å². The Bertz CT molecular complexity index is 3220. The molecule has 0 atom stereocenters. The SMILES string of the molecule is [2H]c1c([2H])c([2H])c(-c2cccc(-c3c([2H])c([2H])c([2H])c([2H])c3[2H])c2Nc2ccccc2Nc2cccc(Oc3ccc4c5ccccc5n(-c5ncc(C)cc5C)c4c3)c2)c([2H])c1[2H]. The number of para-hydroxylation sites is 4. The maximum absolute atomic E-state index is 8.84. The molecule has 9 aromatic rings. The number of anilines is 4. The smallest absolute Gasteiger partial charge is 0.140 e. The lowest BCUT2D eigenvalue weighted by Crippen LogP contribution is -2.01. The van der Waals surface area contributed by atoms with Crippen LogP contribution in [-0.4, -0.2) is 9.55 Å². The zero-order valence-electron chi connectivity index (χ0n) is 39.3. The number of hydrogen-bond acceptors (Lipinski definition) is 4. The minimum absolute atomic E-state index is 0.123. The van der Waals surface area contributed by atoms with Crippen molar-refractivity contribution in [2.45, 2.75) is 13.8 Å². The summed E-state index contributed by atoms with van der Waals surface area (Å²) in [6.45, 7) is 4.08. The van der Waals surface area contributed by atoms with Crippen molar-refractivity contribution in [1.82, 2.24) is 9.55 Å². The lowest BCUT2D eigenvalue weighted by molar-refractivity contribution is 0.483. The maximum Gasteiger partial charge on any atom is 0.140 e. The van der Waals surface area contributed by atoms with Gasteiger partial charge in [-0.1, -0.05) is 121 Å². The quantitative estimate of drug-likeness (QED) is 0.157. The summed E-state index contributed by atoms with van der Waals surface area (Å²) < 4.78 is 94.1. The molecule has 0 saturated heterocycles. The number of aryl methyl sites for hydroxylation is 2. The molecule has 260 valence electrons. The van der Waals surface area contributed by atoms with Gasteiger partial charge in [-0.15, -0.1) is 0 Å². The normalized spacial score (nSPS) is 13.7. The van der Waals surface area contributed by atoms with Gasteiger partial charge in [0.25, 0.3) is 0 Å². The van der Waals surface area contributed by atoms with Gasteiger partial charge in [0.2, 0.25) is 0 Å². The molecule has 9 rings (SSSR count). The zero-order valence-corrected chi connectivity index (χ0v) is 29.3. The van der Waals surface area contributed by atoms with E-state index >= 15 is 0 Å². The lowest BCUT2D eigenvalue weighted by atomic mass is 9.95. The molecule has 0 amide bonds. The van der Waals surface area contributed by atoms with Crippen LogP contribution in [0.2, 0.25) is 0 Å². The van der Waals surface area contributed by atoms with Crippen molar-refractivity contribution in [3.63, 3.8) is 0 Å². The van der Waals surface area contributed by atoms with Crippen LogP contribution >= 0.6 is 0 Å². The Morgan fingerprint density at radius 3 is 1.93 bits per heavy atom. The average molecular weight is 709 g/mol. The number of pyridine rings is 1. The van der Waals surface area contributed by atoms with E-state index in [0.29, 0.717) is 28.6 Å². The van der Waals surface area contributed by atoms with E-state index in [1.165, 1.54) is 0 Å². The van der Waals surface area contributed by atoms with Crippen molar-refractivity contribution in [2.75, 3.05) is 10.6 Å². The topological polar surface area (TPSA) is 51.1 Å². The Hall–Kier alpha value is -7.11. The Balaban J connectivity index is 1.11. The summed E-state index contributed by atoms with van der Waals surface area (Å²) in [5.41, 5.74) is 6.04. The highest BCUT2D eigenvalue weighted by atomic mass is 16.5. The Labute approximate surface area is 329 Å². The van der Waals surface area contributed by atoms with Crippen LogP contribution < -0.4 is 15.4 Å². The van der Waals surface area contributed by atoms with Crippen molar-refractivity contribution in [2.24, 2.45) is 0 Å². The zero-order chi connectivity index (χ0) is 45.1. The molecule has 0 unspecified atom stereocenters. The molecule has 54 heavy (non-hydrogen) atoms. The second-order valence-electron chi connectivity index (χ2n) is 12.8. The number of ether oxygens (including phenoxy) is 1. The molecule has 0 bridgehead atoms. The predicted molar refractivity (Wildman–Crippen MR) is 225 cm³/mol. The molecule has 7 aromatic carbocycles. The minimum atomic E-state index is -0.561. The first-order chi connectivity index (χ1) is 30.7. The monoisotopic (exact) mass is 708 g/mol. The van der Waals surface area contributed by atoms with E-state index in [0.717, 1.165) is 38.8 Å². The molecule has 2 N–H and O–H groups in total. The van der Waals surface area contributed by atoms with Crippen LogP contribution in [-0.2, 0) is 0 Å². The number of aromatic nitrogens is 2. The maximum atomic E-state index is 8.84. The van der Waals surface area contributed by atoms with Gasteiger partial charge < -0.3 is 15.4 Å². The minimum Gasteiger partial charge on any atom is -0.457 e. The first kappa shape index (κ1) is 23.5. The number of rotatable bonds is 9. The molecule has 5 nitrogen and oxygen atoms in total. The van der Waals surface area contributed by atoms with Crippen LogP contribution in [0.3, 0.4) is 0 Å². The average Bonchev–Trinajstić information content (AvgIpc) is 3.61. The molecule has 0 spiro atoms. The van der Waals surface area contributed by atoms with Gasteiger partial charge in [0.05, 0.1) is 41.8 Å².